The smallest absolute Gasteiger partial charge is 0.0211 e. The van der Waals surface area contributed by atoms with Crippen molar-refractivity contribution in [3.63, 3.8) is 0 Å². The van der Waals surface area contributed by atoms with E-state index in [9.17, 15) is 0 Å². The molecule has 17 heavy (non-hydrogen) atoms. The topological polar surface area (TPSA) is 12.0 Å². The summed E-state index contributed by atoms with van der Waals surface area (Å²) in [6.07, 6.45) is 0. The molecule has 0 radical (unpaired) electrons. The number of aryl methyl sites for hydroxylation is 1. The van der Waals surface area contributed by atoms with Crippen LogP contribution in [0.2, 0.25) is 0 Å². The van der Waals surface area contributed by atoms with Crippen molar-refractivity contribution in [2.24, 2.45) is 0 Å². The minimum Gasteiger partial charge on any atom is -0.313 e. The minimum absolute atomic E-state index is 0.931. The van der Waals surface area contributed by atoms with E-state index in [0.717, 1.165) is 13.1 Å². The van der Waals surface area contributed by atoms with Crippen LogP contribution in [0.1, 0.15) is 18.1 Å². The molecule has 1 N–H and O–H groups in total. The molecule has 0 saturated carbocycles. The number of benzene rings is 2. The van der Waals surface area contributed by atoms with Crippen LogP contribution in [0.25, 0.3) is 11.1 Å². The monoisotopic (exact) mass is 225 g/mol. The summed E-state index contributed by atoms with van der Waals surface area (Å²) in [6, 6.07) is 17.3. The van der Waals surface area contributed by atoms with E-state index in [1.807, 2.05) is 0 Å². The fourth-order valence-corrected chi connectivity index (χ4v) is 1.95. The summed E-state index contributed by atoms with van der Waals surface area (Å²) in [7, 11) is 0. The quantitative estimate of drug-likeness (QED) is 0.835. The molecule has 2 aromatic rings. The van der Waals surface area contributed by atoms with E-state index in [1.165, 1.54) is 22.3 Å². The molecule has 0 aliphatic heterocycles. The molecule has 0 heterocycles. The van der Waals surface area contributed by atoms with Crippen LogP contribution in [-0.2, 0) is 6.54 Å². The third-order valence-electron chi connectivity index (χ3n) is 2.95. The van der Waals surface area contributed by atoms with Crippen molar-refractivity contribution in [1.82, 2.24) is 5.32 Å². The van der Waals surface area contributed by atoms with Crippen molar-refractivity contribution in [3.05, 3.63) is 59.7 Å². The van der Waals surface area contributed by atoms with Crippen LogP contribution in [0.4, 0.5) is 0 Å². The van der Waals surface area contributed by atoms with Gasteiger partial charge in [0, 0.05) is 6.54 Å². The van der Waals surface area contributed by atoms with Crippen LogP contribution in [0.15, 0.2) is 48.5 Å². The first-order chi connectivity index (χ1) is 8.31. The van der Waals surface area contributed by atoms with Gasteiger partial charge in [-0.05, 0) is 30.2 Å². The molecule has 0 unspecified atom stereocenters. The second kappa shape index (κ2) is 5.65. The van der Waals surface area contributed by atoms with Crippen LogP contribution in [0, 0.1) is 6.92 Å². The first-order valence-corrected chi connectivity index (χ1v) is 6.17. The molecule has 0 amide bonds. The van der Waals surface area contributed by atoms with Gasteiger partial charge in [0.25, 0.3) is 0 Å². The van der Waals surface area contributed by atoms with Crippen LogP contribution in [0.3, 0.4) is 0 Å². The fraction of sp³-hybridized carbons (Fsp3) is 0.250. The van der Waals surface area contributed by atoms with Crippen LogP contribution in [-0.4, -0.2) is 6.54 Å². The standard InChI is InChI=1S/C16H19N/c1-3-17-12-15-6-4-5-7-16(15)14-10-8-13(2)9-11-14/h4-11,17H,3,12H2,1-2H3. The number of nitrogens with one attached hydrogen (secondary N) is 1. The molecule has 0 spiro atoms. The second-order valence-corrected chi connectivity index (χ2v) is 4.30. The molecule has 0 saturated heterocycles. The Morgan fingerprint density at radius 3 is 2.35 bits per heavy atom. The first kappa shape index (κ1) is 11.9. The summed E-state index contributed by atoms with van der Waals surface area (Å²) in [4.78, 5) is 0. The summed E-state index contributed by atoms with van der Waals surface area (Å²) in [5.74, 6) is 0. The van der Waals surface area contributed by atoms with Crippen molar-refractivity contribution < 1.29 is 0 Å². The van der Waals surface area contributed by atoms with Gasteiger partial charge in [0.1, 0.15) is 0 Å². The Balaban J connectivity index is 2.33. The molecule has 88 valence electrons. The molecule has 0 atom stereocenters. The van der Waals surface area contributed by atoms with Crippen molar-refractivity contribution in [3.8, 4) is 11.1 Å². The maximum Gasteiger partial charge on any atom is 0.0211 e. The zero-order chi connectivity index (χ0) is 12.1. The number of hydrogen-bond donors (Lipinski definition) is 1. The van der Waals surface area contributed by atoms with Crippen molar-refractivity contribution >= 4 is 0 Å². The molecular formula is C16H19N. The maximum atomic E-state index is 3.39. The van der Waals surface area contributed by atoms with Gasteiger partial charge in [0.2, 0.25) is 0 Å². The predicted molar refractivity (Wildman–Crippen MR) is 74.0 cm³/mol. The summed E-state index contributed by atoms with van der Waals surface area (Å²) < 4.78 is 0. The molecule has 0 fully saturated rings. The van der Waals surface area contributed by atoms with Crippen molar-refractivity contribution in [2.45, 2.75) is 20.4 Å². The molecule has 1 heteroatoms. The molecule has 0 aromatic heterocycles. The molecule has 0 aliphatic rings. The highest BCUT2D eigenvalue weighted by molar-refractivity contribution is 5.67. The van der Waals surface area contributed by atoms with E-state index in [-0.39, 0.29) is 0 Å². The zero-order valence-electron chi connectivity index (χ0n) is 10.5. The molecule has 1 nitrogen and oxygen atoms in total. The Kier molecular flexibility index (Phi) is 3.94. The van der Waals surface area contributed by atoms with E-state index in [2.05, 4.69) is 67.7 Å². The van der Waals surface area contributed by atoms with E-state index in [4.69, 9.17) is 0 Å². The highest BCUT2D eigenvalue weighted by atomic mass is 14.8. The largest absolute Gasteiger partial charge is 0.313 e. The Hall–Kier alpha value is -1.60. The van der Waals surface area contributed by atoms with E-state index >= 15 is 0 Å². The summed E-state index contributed by atoms with van der Waals surface area (Å²) in [6.45, 7) is 6.19. The van der Waals surface area contributed by atoms with Gasteiger partial charge in [-0.25, -0.2) is 0 Å². The van der Waals surface area contributed by atoms with Crippen LogP contribution in [0.5, 0.6) is 0 Å². The third kappa shape index (κ3) is 2.95. The van der Waals surface area contributed by atoms with E-state index in [1.54, 1.807) is 0 Å². The lowest BCUT2D eigenvalue weighted by Gasteiger charge is -2.10. The predicted octanol–water partition coefficient (Wildman–Crippen LogP) is 3.77. The normalized spacial score (nSPS) is 10.5. The van der Waals surface area contributed by atoms with Gasteiger partial charge in [-0.3, -0.25) is 0 Å². The lowest BCUT2D eigenvalue weighted by Crippen LogP contribution is -2.12. The van der Waals surface area contributed by atoms with E-state index < -0.39 is 0 Å². The highest BCUT2D eigenvalue weighted by Crippen LogP contribution is 2.23. The van der Waals surface area contributed by atoms with Gasteiger partial charge in [0.05, 0.1) is 0 Å². The summed E-state index contributed by atoms with van der Waals surface area (Å²) in [5, 5.41) is 3.39. The molecule has 0 aliphatic carbocycles. The average molecular weight is 225 g/mol. The molecule has 0 bridgehead atoms. The minimum atomic E-state index is 0.931. The SMILES string of the molecule is CCNCc1ccccc1-c1ccc(C)cc1. The molecule has 2 rings (SSSR count). The highest BCUT2D eigenvalue weighted by Gasteiger charge is 2.03. The van der Waals surface area contributed by atoms with Gasteiger partial charge < -0.3 is 5.32 Å². The molecule has 2 aromatic carbocycles. The van der Waals surface area contributed by atoms with Crippen LogP contribution >= 0.6 is 0 Å². The van der Waals surface area contributed by atoms with Gasteiger partial charge >= 0.3 is 0 Å². The van der Waals surface area contributed by atoms with Gasteiger partial charge in [-0.15, -0.1) is 0 Å². The van der Waals surface area contributed by atoms with Gasteiger partial charge in [-0.1, -0.05) is 61.0 Å². The van der Waals surface area contributed by atoms with Crippen molar-refractivity contribution in [2.75, 3.05) is 6.54 Å². The van der Waals surface area contributed by atoms with Crippen molar-refractivity contribution in [1.29, 1.82) is 0 Å². The van der Waals surface area contributed by atoms with Gasteiger partial charge in [0.15, 0.2) is 0 Å². The Morgan fingerprint density at radius 2 is 1.65 bits per heavy atom. The van der Waals surface area contributed by atoms with Gasteiger partial charge in [-0.2, -0.15) is 0 Å². The Labute approximate surface area is 103 Å². The average Bonchev–Trinajstić information content (AvgIpc) is 2.38. The number of hydrogen-bond acceptors (Lipinski definition) is 1. The lowest BCUT2D eigenvalue weighted by molar-refractivity contribution is 0.728. The maximum absolute atomic E-state index is 3.39. The van der Waals surface area contributed by atoms with Crippen LogP contribution < -0.4 is 5.32 Å². The third-order valence-corrected chi connectivity index (χ3v) is 2.95. The zero-order valence-corrected chi connectivity index (χ0v) is 10.5. The lowest BCUT2D eigenvalue weighted by atomic mass is 9.99. The number of rotatable bonds is 4. The first-order valence-electron chi connectivity index (χ1n) is 6.17. The second-order valence-electron chi connectivity index (χ2n) is 4.30. The Morgan fingerprint density at radius 1 is 0.941 bits per heavy atom. The molecular weight excluding hydrogens is 206 g/mol. The van der Waals surface area contributed by atoms with E-state index in [0.29, 0.717) is 0 Å². The fourth-order valence-electron chi connectivity index (χ4n) is 1.95. The summed E-state index contributed by atoms with van der Waals surface area (Å²) in [5.41, 5.74) is 5.29. The Bertz CT molecular complexity index is 471. The summed E-state index contributed by atoms with van der Waals surface area (Å²) >= 11 is 0.